The summed E-state index contributed by atoms with van der Waals surface area (Å²) in [5.74, 6) is 0.447. The Labute approximate surface area is 173 Å². The van der Waals surface area contributed by atoms with E-state index in [1.54, 1.807) is 11.6 Å². The van der Waals surface area contributed by atoms with Crippen LogP contribution in [0.1, 0.15) is 24.0 Å². The summed E-state index contributed by atoms with van der Waals surface area (Å²) in [5.41, 5.74) is 2.30. The molecule has 1 aliphatic rings. The molecule has 2 aromatic rings. The van der Waals surface area contributed by atoms with Crippen molar-refractivity contribution in [2.45, 2.75) is 30.7 Å². The molecule has 0 saturated carbocycles. The average molecular weight is 441 g/mol. The topological polar surface area (TPSA) is 101 Å². The normalized spacial score (nSPS) is 16.9. The zero-order chi connectivity index (χ0) is 21.1. The Morgan fingerprint density at radius 3 is 2.24 bits per heavy atom. The highest BCUT2D eigenvalue weighted by Crippen LogP contribution is 2.25. The van der Waals surface area contributed by atoms with Crippen molar-refractivity contribution < 1.29 is 16.8 Å². The van der Waals surface area contributed by atoms with Crippen molar-refractivity contribution in [1.82, 2.24) is 18.6 Å². The van der Waals surface area contributed by atoms with Gasteiger partial charge in [-0.1, -0.05) is 24.3 Å². The first-order valence-corrected chi connectivity index (χ1v) is 13.0. The minimum atomic E-state index is -3.51. The summed E-state index contributed by atoms with van der Waals surface area (Å²) < 4.78 is 53.2. The maximum absolute atomic E-state index is 12.7. The van der Waals surface area contributed by atoms with Crippen LogP contribution in [0.4, 0.5) is 0 Å². The Balaban J connectivity index is 1.49. The summed E-state index contributed by atoms with van der Waals surface area (Å²) in [6.45, 7) is 1.42. The van der Waals surface area contributed by atoms with Crippen LogP contribution in [0.3, 0.4) is 0 Å². The van der Waals surface area contributed by atoms with E-state index in [9.17, 15) is 16.8 Å². The number of aromatic nitrogens is 2. The molecular weight excluding hydrogens is 412 g/mol. The zero-order valence-electron chi connectivity index (χ0n) is 16.8. The number of hydrogen-bond acceptors (Lipinski definition) is 5. The molecule has 29 heavy (non-hydrogen) atoms. The molecule has 0 aliphatic carbocycles. The number of nitrogens with one attached hydrogen (secondary N) is 1. The number of piperidine rings is 1. The van der Waals surface area contributed by atoms with E-state index in [2.05, 4.69) is 21.8 Å². The molecule has 160 valence electrons. The van der Waals surface area contributed by atoms with Crippen LogP contribution in [0.15, 0.2) is 41.8 Å². The lowest BCUT2D eigenvalue weighted by atomic mass is 9.90. The highest BCUT2D eigenvalue weighted by atomic mass is 32.2. The third kappa shape index (κ3) is 6.11. The van der Waals surface area contributed by atoms with Gasteiger partial charge in [0.05, 0.1) is 12.6 Å². The SMILES string of the molecule is Cn1cnc(S(=O)(=O)N2CCC(Cc3ccc(CCNS(C)(=O)=O)cc3)CC2)c1. The fourth-order valence-corrected chi connectivity index (χ4v) is 5.47. The van der Waals surface area contributed by atoms with Gasteiger partial charge in [0.2, 0.25) is 10.0 Å². The van der Waals surface area contributed by atoms with Crippen LogP contribution in [0.25, 0.3) is 0 Å². The molecular formula is C19H28N4O4S2. The van der Waals surface area contributed by atoms with Crippen molar-refractivity contribution in [3.05, 3.63) is 47.9 Å². The van der Waals surface area contributed by atoms with E-state index in [-0.39, 0.29) is 5.03 Å². The van der Waals surface area contributed by atoms with Crippen LogP contribution in [-0.2, 0) is 39.9 Å². The molecule has 1 saturated heterocycles. The molecule has 0 spiro atoms. The maximum atomic E-state index is 12.7. The summed E-state index contributed by atoms with van der Waals surface area (Å²) in [4.78, 5) is 3.99. The molecule has 0 radical (unpaired) electrons. The number of rotatable bonds is 8. The summed E-state index contributed by atoms with van der Waals surface area (Å²) in [6.07, 6.45) is 7.41. The summed E-state index contributed by atoms with van der Waals surface area (Å²) in [5, 5.41) is 0.111. The van der Waals surface area contributed by atoms with Gasteiger partial charge in [0, 0.05) is 32.9 Å². The standard InChI is InChI=1S/C19H28N4O4S2/c1-22-14-19(20-15-22)29(26,27)23-11-8-18(9-12-23)13-17-5-3-16(4-6-17)7-10-21-28(2,24)25/h3-6,14-15,18,21H,7-13H2,1-2H3. The van der Waals surface area contributed by atoms with E-state index in [4.69, 9.17) is 0 Å². The van der Waals surface area contributed by atoms with Gasteiger partial charge in [0.25, 0.3) is 10.0 Å². The lowest BCUT2D eigenvalue weighted by molar-refractivity contribution is 0.272. The molecule has 1 fully saturated rings. The summed E-state index contributed by atoms with van der Waals surface area (Å²) >= 11 is 0. The molecule has 1 aromatic heterocycles. The Bertz CT molecular complexity index is 1020. The predicted molar refractivity (Wildman–Crippen MR) is 111 cm³/mol. The van der Waals surface area contributed by atoms with Gasteiger partial charge in [-0.2, -0.15) is 4.31 Å². The second-order valence-electron chi connectivity index (χ2n) is 7.66. The molecule has 3 rings (SSSR count). The first-order chi connectivity index (χ1) is 13.6. The number of hydrogen-bond donors (Lipinski definition) is 1. The Morgan fingerprint density at radius 1 is 1.07 bits per heavy atom. The van der Waals surface area contributed by atoms with Crippen LogP contribution < -0.4 is 4.72 Å². The van der Waals surface area contributed by atoms with Gasteiger partial charge >= 0.3 is 0 Å². The highest BCUT2D eigenvalue weighted by Gasteiger charge is 2.30. The molecule has 1 N–H and O–H groups in total. The van der Waals surface area contributed by atoms with Crippen molar-refractivity contribution in [2.75, 3.05) is 25.9 Å². The minimum absolute atomic E-state index is 0.111. The van der Waals surface area contributed by atoms with Crippen molar-refractivity contribution in [3.8, 4) is 0 Å². The Morgan fingerprint density at radius 2 is 1.69 bits per heavy atom. The lowest BCUT2D eigenvalue weighted by Gasteiger charge is -2.30. The van der Waals surface area contributed by atoms with Crippen molar-refractivity contribution >= 4 is 20.0 Å². The van der Waals surface area contributed by atoms with Gasteiger partial charge in [-0.25, -0.2) is 26.5 Å². The Kier molecular flexibility index (Phi) is 6.77. The quantitative estimate of drug-likeness (QED) is 0.664. The molecule has 1 aliphatic heterocycles. The van der Waals surface area contributed by atoms with E-state index in [0.29, 0.717) is 32.0 Å². The van der Waals surface area contributed by atoms with Gasteiger partial charge in [-0.15, -0.1) is 0 Å². The number of aryl methyl sites for hydroxylation is 1. The molecule has 1 aromatic carbocycles. The first kappa shape index (κ1) is 21.9. The second-order valence-corrected chi connectivity index (χ2v) is 11.4. The average Bonchev–Trinajstić information content (AvgIpc) is 3.10. The molecule has 2 heterocycles. The first-order valence-electron chi connectivity index (χ1n) is 9.64. The molecule has 8 nitrogen and oxygen atoms in total. The fourth-order valence-electron chi connectivity index (χ4n) is 3.56. The zero-order valence-corrected chi connectivity index (χ0v) is 18.4. The molecule has 10 heteroatoms. The molecule has 0 bridgehead atoms. The number of benzene rings is 1. The maximum Gasteiger partial charge on any atom is 0.262 e. The van der Waals surface area contributed by atoms with Gasteiger partial charge in [0.15, 0.2) is 5.03 Å². The monoisotopic (exact) mass is 440 g/mol. The van der Waals surface area contributed by atoms with E-state index < -0.39 is 20.0 Å². The third-order valence-electron chi connectivity index (χ3n) is 5.18. The lowest BCUT2D eigenvalue weighted by Crippen LogP contribution is -2.39. The predicted octanol–water partition coefficient (Wildman–Crippen LogP) is 1.16. The van der Waals surface area contributed by atoms with E-state index in [0.717, 1.165) is 31.1 Å². The second kappa shape index (κ2) is 8.95. The molecule has 0 atom stereocenters. The fraction of sp³-hybridized carbons (Fsp3) is 0.526. The van der Waals surface area contributed by atoms with Crippen molar-refractivity contribution in [2.24, 2.45) is 13.0 Å². The van der Waals surface area contributed by atoms with Gasteiger partial charge in [-0.3, -0.25) is 0 Å². The third-order valence-corrected chi connectivity index (χ3v) is 7.70. The summed E-state index contributed by atoms with van der Waals surface area (Å²) in [6, 6.07) is 8.21. The summed E-state index contributed by atoms with van der Waals surface area (Å²) in [7, 11) is -4.91. The van der Waals surface area contributed by atoms with Crippen LogP contribution in [0, 0.1) is 5.92 Å². The van der Waals surface area contributed by atoms with E-state index in [1.165, 1.54) is 22.4 Å². The number of imidazole rings is 1. The van der Waals surface area contributed by atoms with Crippen LogP contribution in [-0.4, -0.2) is 56.6 Å². The van der Waals surface area contributed by atoms with E-state index >= 15 is 0 Å². The van der Waals surface area contributed by atoms with Crippen molar-refractivity contribution in [1.29, 1.82) is 0 Å². The van der Waals surface area contributed by atoms with Gasteiger partial charge < -0.3 is 4.57 Å². The number of nitrogens with zero attached hydrogens (tertiary/aromatic N) is 3. The molecule has 0 unspecified atom stereocenters. The van der Waals surface area contributed by atoms with E-state index in [1.807, 2.05) is 12.1 Å². The number of sulfonamides is 2. The van der Waals surface area contributed by atoms with Crippen molar-refractivity contribution in [3.63, 3.8) is 0 Å². The van der Waals surface area contributed by atoms with Gasteiger partial charge in [0.1, 0.15) is 0 Å². The molecule has 0 amide bonds. The smallest absolute Gasteiger partial charge is 0.262 e. The van der Waals surface area contributed by atoms with Crippen LogP contribution in [0.2, 0.25) is 0 Å². The van der Waals surface area contributed by atoms with Gasteiger partial charge in [-0.05, 0) is 42.7 Å². The van der Waals surface area contributed by atoms with Crippen LogP contribution in [0.5, 0.6) is 0 Å². The largest absolute Gasteiger partial charge is 0.339 e. The highest BCUT2D eigenvalue weighted by molar-refractivity contribution is 7.89. The van der Waals surface area contributed by atoms with Crippen LogP contribution >= 0.6 is 0 Å². The Hall–Kier alpha value is -1.75. The minimum Gasteiger partial charge on any atom is -0.339 e.